The molecule has 0 heterocycles. The van der Waals surface area contributed by atoms with Crippen molar-refractivity contribution in [2.24, 2.45) is 5.73 Å². The maximum absolute atomic E-state index is 10.7. The van der Waals surface area contributed by atoms with Crippen molar-refractivity contribution in [2.45, 2.75) is 32.4 Å². The lowest BCUT2D eigenvalue weighted by Crippen LogP contribution is -2.40. The van der Waals surface area contributed by atoms with Crippen LogP contribution in [-0.2, 0) is 17.8 Å². The van der Waals surface area contributed by atoms with Crippen LogP contribution >= 0.6 is 0 Å². The van der Waals surface area contributed by atoms with Crippen LogP contribution in [0.1, 0.15) is 24.5 Å². The monoisotopic (exact) mass is 250 g/mol. The molecule has 100 valence electrons. The van der Waals surface area contributed by atoms with Crippen LogP contribution < -0.4 is 5.73 Å². The van der Waals surface area contributed by atoms with E-state index in [9.17, 15) is 4.79 Å². The Morgan fingerprint density at radius 3 is 2.39 bits per heavy atom. The third kappa shape index (κ3) is 4.85. The summed E-state index contributed by atoms with van der Waals surface area (Å²) < 4.78 is 0. The van der Waals surface area contributed by atoms with Crippen molar-refractivity contribution in [3.8, 4) is 0 Å². The molecule has 0 aliphatic heterocycles. The van der Waals surface area contributed by atoms with Gasteiger partial charge in [-0.1, -0.05) is 37.6 Å². The van der Waals surface area contributed by atoms with Crippen LogP contribution in [0.2, 0.25) is 0 Å². The molecule has 1 atom stereocenters. The number of carbonyl (C=O) groups is 1. The molecule has 0 aliphatic carbocycles. The van der Waals surface area contributed by atoms with Crippen LogP contribution in [0.3, 0.4) is 0 Å². The molecular formula is C14H22N2O2. The van der Waals surface area contributed by atoms with Crippen LogP contribution in [0.15, 0.2) is 24.3 Å². The molecule has 0 radical (unpaired) electrons. The van der Waals surface area contributed by atoms with Crippen molar-refractivity contribution < 1.29 is 9.90 Å². The first-order valence-corrected chi connectivity index (χ1v) is 6.27. The average Bonchev–Trinajstić information content (AvgIpc) is 2.31. The minimum Gasteiger partial charge on any atom is -0.480 e. The quantitative estimate of drug-likeness (QED) is 0.769. The van der Waals surface area contributed by atoms with E-state index in [4.69, 9.17) is 10.8 Å². The van der Waals surface area contributed by atoms with Crippen molar-refractivity contribution in [1.82, 2.24) is 4.90 Å². The highest BCUT2D eigenvalue weighted by atomic mass is 16.4. The summed E-state index contributed by atoms with van der Waals surface area (Å²) in [6.07, 6.45) is 2.24. The van der Waals surface area contributed by atoms with E-state index in [0.29, 0.717) is 13.1 Å². The Hall–Kier alpha value is -1.39. The second-order valence-electron chi connectivity index (χ2n) is 4.71. The second kappa shape index (κ2) is 7.13. The van der Waals surface area contributed by atoms with Gasteiger partial charge in [0.1, 0.15) is 6.04 Å². The Morgan fingerprint density at radius 2 is 1.89 bits per heavy atom. The third-order valence-electron chi connectivity index (χ3n) is 2.84. The number of carboxylic acid groups (broad SMARTS) is 1. The van der Waals surface area contributed by atoms with Gasteiger partial charge in [-0.25, -0.2) is 0 Å². The van der Waals surface area contributed by atoms with Crippen LogP contribution in [0.4, 0.5) is 0 Å². The van der Waals surface area contributed by atoms with Gasteiger partial charge in [-0.15, -0.1) is 0 Å². The van der Waals surface area contributed by atoms with E-state index in [1.165, 1.54) is 11.1 Å². The molecule has 4 heteroatoms. The molecule has 0 amide bonds. The van der Waals surface area contributed by atoms with Gasteiger partial charge < -0.3 is 10.8 Å². The van der Waals surface area contributed by atoms with E-state index in [1.807, 2.05) is 11.9 Å². The molecule has 3 N–H and O–H groups in total. The largest absolute Gasteiger partial charge is 0.480 e. The van der Waals surface area contributed by atoms with Gasteiger partial charge in [-0.05, 0) is 24.6 Å². The first-order chi connectivity index (χ1) is 8.52. The van der Waals surface area contributed by atoms with Crippen LogP contribution in [0.5, 0.6) is 0 Å². The Kier molecular flexibility index (Phi) is 5.82. The number of carboxylic acids is 1. The number of hydrogen-bond acceptors (Lipinski definition) is 3. The minimum atomic E-state index is -0.958. The number of nitrogens with two attached hydrogens (primary N) is 1. The maximum atomic E-state index is 10.7. The Balaban J connectivity index is 2.48. The van der Waals surface area contributed by atoms with Gasteiger partial charge >= 0.3 is 5.97 Å². The molecule has 0 fully saturated rings. The van der Waals surface area contributed by atoms with Crippen LogP contribution in [0, 0.1) is 0 Å². The summed E-state index contributed by atoms with van der Waals surface area (Å²) in [6.45, 7) is 3.23. The molecule has 18 heavy (non-hydrogen) atoms. The summed E-state index contributed by atoms with van der Waals surface area (Å²) >= 11 is 0. The number of benzene rings is 1. The summed E-state index contributed by atoms with van der Waals surface area (Å²) in [7, 11) is 1.88. The lowest BCUT2D eigenvalue weighted by Gasteiger charge is -2.19. The fourth-order valence-electron chi connectivity index (χ4n) is 1.89. The number of nitrogens with zero attached hydrogens (tertiary/aromatic N) is 1. The predicted octanol–water partition coefficient (Wildman–Crippen LogP) is 1.48. The molecule has 0 saturated heterocycles. The molecule has 0 aliphatic rings. The van der Waals surface area contributed by atoms with Gasteiger partial charge in [0.25, 0.3) is 0 Å². The molecule has 0 bridgehead atoms. The molecular weight excluding hydrogens is 228 g/mol. The van der Waals surface area contributed by atoms with Crippen molar-refractivity contribution in [3.05, 3.63) is 35.4 Å². The Morgan fingerprint density at radius 1 is 1.33 bits per heavy atom. The first kappa shape index (κ1) is 14.7. The van der Waals surface area contributed by atoms with Crippen molar-refractivity contribution in [2.75, 3.05) is 13.6 Å². The topological polar surface area (TPSA) is 66.6 Å². The molecule has 1 rings (SSSR count). The fraction of sp³-hybridized carbons (Fsp3) is 0.500. The summed E-state index contributed by atoms with van der Waals surface area (Å²) in [6, 6.07) is 7.61. The van der Waals surface area contributed by atoms with Crippen molar-refractivity contribution in [3.63, 3.8) is 0 Å². The van der Waals surface area contributed by atoms with Crippen LogP contribution in [0.25, 0.3) is 0 Å². The third-order valence-corrected chi connectivity index (χ3v) is 2.84. The molecule has 1 aromatic carbocycles. The zero-order valence-electron chi connectivity index (χ0n) is 11.1. The van der Waals surface area contributed by atoms with Gasteiger partial charge in [-0.2, -0.15) is 0 Å². The van der Waals surface area contributed by atoms with E-state index >= 15 is 0 Å². The lowest BCUT2D eigenvalue weighted by molar-refractivity contribution is -0.138. The predicted molar refractivity (Wildman–Crippen MR) is 72.4 cm³/mol. The minimum absolute atomic E-state index is 0.353. The summed E-state index contributed by atoms with van der Waals surface area (Å²) in [5.41, 5.74) is 8.01. The molecule has 1 unspecified atom stereocenters. The molecule has 1 aromatic rings. The van der Waals surface area contributed by atoms with E-state index in [2.05, 4.69) is 31.2 Å². The molecule has 0 saturated carbocycles. The summed E-state index contributed by atoms with van der Waals surface area (Å²) in [5, 5.41) is 8.74. The highest BCUT2D eigenvalue weighted by Gasteiger charge is 2.13. The van der Waals surface area contributed by atoms with Gasteiger partial charge in [-0.3, -0.25) is 9.69 Å². The Labute approximate surface area is 108 Å². The molecule has 0 spiro atoms. The SMILES string of the molecule is CCCc1ccc(CN(C)CC(N)C(=O)O)cc1. The summed E-state index contributed by atoms with van der Waals surface area (Å²) in [5.74, 6) is -0.958. The average molecular weight is 250 g/mol. The number of aliphatic carboxylic acids is 1. The van der Waals surface area contributed by atoms with E-state index in [0.717, 1.165) is 12.8 Å². The normalized spacial score (nSPS) is 12.7. The number of rotatable bonds is 7. The zero-order chi connectivity index (χ0) is 13.5. The van der Waals surface area contributed by atoms with Gasteiger partial charge in [0, 0.05) is 13.1 Å². The van der Waals surface area contributed by atoms with Gasteiger partial charge in [0.15, 0.2) is 0 Å². The number of likely N-dealkylation sites (N-methyl/N-ethyl adjacent to an activating group) is 1. The number of aryl methyl sites for hydroxylation is 1. The fourth-order valence-corrected chi connectivity index (χ4v) is 1.89. The lowest BCUT2D eigenvalue weighted by atomic mass is 10.1. The molecule has 4 nitrogen and oxygen atoms in total. The highest BCUT2D eigenvalue weighted by Crippen LogP contribution is 2.08. The van der Waals surface area contributed by atoms with Gasteiger partial charge in [0.05, 0.1) is 0 Å². The maximum Gasteiger partial charge on any atom is 0.321 e. The first-order valence-electron chi connectivity index (χ1n) is 6.27. The van der Waals surface area contributed by atoms with Crippen molar-refractivity contribution >= 4 is 5.97 Å². The van der Waals surface area contributed by atoms with E-state index in [-0.39, 0.29) is 0 Å². The standard InChI is InChI=1S/C14H22N2O2/c1-3-4-11-5-7-12(8-6-11)9-16(2)10-13(15)14(17)18/h5-8,13H,3-4,9-10,15H2,1-2H3,(H,17,18). The Bertz CT molecular complexity index is 376. The van der Waals surface area contributed by atoms with Gasteiger partial charge in [0.2, 0.25) is 0 Å². The van der Waals surface area contributed by atoms with E-state index < -0.39 is 12.0 Å². The number of hydrogen-bond donors (Lipinski definition) is 2. The zero-order valence-corrected chi connectivity index (χ0v) is 11.1. The molecule has 0 aromatic heterocycles. The van der Waals surface area contributed by atoms with E-state index in [1.54, 1.807) is 0 Å². The summed E-state index contributed by atoms with van der Waals surface area (Å²) in [4.78, 5) is 12.6. The van der Waals surface area contributed by atoms with Crippen LogP contribution in [-0.4, -0.2) is 35.6 Å². The smallest absolute Gasteiger partial charge is 0.321 e. The second-order valence-corrected chi connectivity index (χ2v) is 4.71. The highest BCUT2D eigenvalue weighted by molar-refractivity contribution is 5.73. The van der Waals surface area contributed by atoms with Crippen molar-refractivity contribution in [1.29, 1.82) is 0 Å².